The van der Waals surface area contributed by atoms with Gasteiger partial charge in [-0.1, -0.05) is 51.6 Å². The molecule has 0 spiro atoms. The smallest absolute Gasteiger partial charge is 0.0345 e. The van der Waals surface area contributed by atoms with Gasteiger partial charge < -0.3 is 0 Å². The predicted molar refractivity (Wildman–Crippen MR) is 68.2 cm³/mol. The number of benzene rings is 1. The van der Waals surface area contributed by atoms with Crippen molar-refractivity contribution in [2.75, 3.05) is 0 Å². The summed E-state index contributed by atoms with van der Waals surface area (Å²) < 4.78 is 0. The molecule has 0 radical (unpaired) electrons. The summed E-state index contributed by atoms with van der Waals surface area (Å²) in [6.07, 6.45) is 1.89. The van der Waals surface area contributed by atoms with Gasteiger partial charge in [-0.25, -0.2) is 0 Å². The van der Waals surface area contributed by atoms with Crippen LogP contribution in [0.3, 0.4) is 0 Å². The van der Waals surface area contributed by atoms with Crippen LogP contribution < -0.4 is 10.4 Å². The lowest BCUT2D eigenvalue weighted by molar-refractivity contribution is 0.588. The summed E-state index contributed by atoms with van der Waals surface area (Å²) in [4.78, 5) is 4.48. The lowest BCUT2D eigenvalue weighted by Crippen LogP contribution is -2.22. The Morgan fingerprint density at radius 1 is 1.27 bits per heavy atom. The summed E-state index contributed by atoms with van der Waals surface area (Å²) in [5, 5.41) is 2.10. The van der Waals surface area contributed by atoms with Crippen LogP contribution in [-0.2, 0) is 0 Å². The highest BCUT2D eigenvalue weighted by atomic mass is 14.7. The zero-order valence-corrected chi connectivity index (χ0v) is 10.0. The molecule has 1 heteroatoms. The first-order valence-corrected chi connectivity index (χ1v) is 5.20. The number of rotatable bonds is 1. The molecule has 0 saturated heterocycles. The Balaban J connectivity index is 3.12. The second kappa shape index (κ2) is 4.43. The van der Waals surface area contributed by atoms with E-state index in [0.29, 0.717) is 0 Å². The van der Waals surface area contributed by atoms with Gasteiger partial charge in [0.2, 0.25) is 0 Å². The van der Waals surface area contributed by atoms with Gasteiger partial charge in [-0.05, 0) is 22.8 Å². The third-order valence-corrected chi connectivity index (χ3v) is 2.54. The van der Waals surface area contributed by atoms with Crippen LogP contribution in [0.4, 0.5) is 0 Å². The van der Waals surface area contributed by atoms with E-state index in [9.17, 15) is 0 Å². The molecule has 0 bridgehead atoms. The largest absolute Gasteiger partial charge is 0.265 e. The maximum absolute atomic E-state index is 4.48. The molecule has 0 heterocycles. The molecule has 0 aliphatic carbocycles. The van der Waals surface area contributed by atoms with E-state index in [0.717, 1.165) is 16.1 Å². The standard InChI is InChI=1S/C14H19N/c1-11-8-6-7-9-13(11)10-15-12(2)14(3,4)5/h6-10H,1H2,2-5H3/b13-10-,15-12?. The third kappa shape index (κ3) is 3.35. The maximum Gasteiger partial charge on any atom is 0.0345 e. The van der Waals surface area contributed by atoms with Crippen LogP contribution in [0.2, 0.25) is 0 Å². The number of nitrogens with zero attached hydrogens (tertiary/aromatic N) is 1. The highest BCUT2D eigenvalue weighted by Gasteiger charge is 2.12. The monoisotopic (exact) mass is 201 g/mol. The molecule has 0 aromatic heterocycles. The fourth-order valence-electron chi connectivity index (χ4n) is 1.02. The Morgan fingerprint density at radius 2 is 1.87 bits per heavy atom. The number of hydrogen-bond acceptors (Lipinski definition) is 1. The first-order chi connectivity index (χ1) is 6.91. The molecule has 0 aliphatic heterocycles. The molecule has 15 heavy (non-hydrogen) atoms. The molecule has 0 atom stereocenters. The van der Waals surface area contributed by atoms with Gasteiger partial charge >= 0.3 is 0 Å². The fraction of sp³-hybridized carbons (Fsp3) is 0.357. The first-order valence-electron chi connectivity index (χ1n) is 5.20. The first kappa shape index (κ1) is 11.7. The van der Waals surface area contributed by atoms with Crippen molar-refractivity contribution in [3.8, 4) is 0 Å². The summed E-state index contributed by atoms with van der Waals surface area (Å²) in [5.41, 5.74) is 1.26. The van der Waals surface area contributed by atoms with Gasteiger partial charge in [-0.15, -0.1) is 0 Å². The van der Waals surface area contributed by atoms with E-state index in [1.807, 2.05) is 30.5 Å². The highest BCUT2D eigenvalue weighted by Crippen LogP contribution is 2.15. The Bertz CT molecular complexity index is 461. The minimum atomic E-state index is 0.132. The average Bonchev–Trinajstić information content (AvgIpc) is 2.14. The Hall–Kier alpha value is -1.37. The van der Waals surface area contributed by atoms with Gasteiger partial charge in [0.25, 0.3) is 0 Å². The van der Waals surface area contributed by atoms with Crippen molar-refractivity contribution in [3.05, 3.63) is 34.7 Å². The summed E-state index contributed by atoms with van der Waals surface area (Å²) in [5.74, 6) is 0. The van der Waals surface area contributed by atoms with Gasteiger partial charge in [0.15, 0.2) is 0 Å². The average molecular weight is 201 g/mol. The fourth-order valence-corrected chi connectivity index (χ4v) is 1.02. The van der Waals surface area contributed by atoms with Crippen molar-refractivity contribution in [2.24, 2.45) is 10.4 Å². The van der Waals surface area contributed by atoms with E-state index in [2.05, 4.69) is 39.3 Å². The molecule has 1 aromatic rings. The van der Waals surface area contributed by atoms with Crippen LogP contribution in [0, 0.1) is 5.41 Å². The van der Waals surface area contributed by atoms with Crippen molar-refractivity contribution in [2.45, 2.75) is 27.7 Å². The second-order valence-electron chi connectivity index (χ2n) is 4.79. The summed E-state index contributed by atoms with van der Waals surface area (Å²) in [6, 6.07) is 8.01. The minimum absolute atomic E-state index is 0.132. The summed E-state index contributed by atoms with van der Waals surface area (Å²) in [6.45, 7) is 12.5. The van der Waals surface area contributed by atoms with Gasteiger partial charge in [0, 0.05) is 11.9 Å². The Morgan fingerprint density at radius 3 is 2.40 bits per heavy atom. The molecule has 1 aromatic carbocycles. The van der Waals surface area contributed by atoms with Crippen LogP contribution in [0.15, 0.2) is 29.3 Å². The van der Waals surface area contributed by atoms with E-state index < -0.39 is 0 Å². The molecular weight excluding hydrogens is 182 g/mol. The number of hydrogen-bond donors (Lipinski definition) is 0. The Labute approximate surface area is 91.9 Å². The van der Waals surface area contributed by atoms with Crippen LogP contribution >= 0.6 is 0 Å². The normalized spacial score (nSPS) is 14.4. The van der Waals surface area contributed by atoms with E-state index in [4.69, 9.17) is 0 Å². The van der Waals surface area contributed by atoms with E-state index >= 15 is 0 Å². The van der Waals surface area contributed by atoms with E-state index in [1.165, 1.54) is 0 Å². The zero-order valence-electron chi connectivity index (χ0n) is 10.0. The maximum atomic E-state index is 4.48. The van der Waals surface area contributed by atoms with Gasteiger partial charge in [-0.2, -0.15) is 0 Å². The van der Waals surface area contributed by atoms with Crippen molar-refractivity contribution in [1.82, 2.24) is 0 Å². The van der Waals surface area contributed by atoms with Crippen LogP contribution in [0.1, 0.15) is 27.7 Å². The molecule has 80 valence electrons. The second-order valence-corrected chi connectivity index (χ2v) is 4.79. The molecule has 1 nitrogen and oxygen atoms in total. The summed E-state index contributed by atoms with van der Waals surface area (Å²) in [7, 11) is 0. The van der Waals surface area contributed by atoms with Gasteiger partial charge in [0.05, 0.1) is 0 Å². The molecule has 0 fully saturated rings. The minimum Gasteiger partial charge on any atom is -0.265 e. The van der Waals surface area contributed by atoms with E-state index in [1.54, 1.807) is 0 Å². The lowest BCUT2D eigenvalue weighted by Gasteiger charge is -2.16. The van der Waals surface area contributed by atoms with Gasteiger partial charge in [-0.3, -0.25) is 4.99 Å². The van der Waals surface area contributed by atoms with Crippen LogP contribution in [0.25, 0.3) is 12.8 Å². The zero-order chi connectivity index (χ0) is 11.5. The molecule has 0 N–H and O–H groups in total. The topological polar surface area (TPSA) is 12.4 Å². The van der Waals surface area contributed by atoms with Crippen molar-refractivity contribution in [3.63, 3.8) is 0 Å². The predicted octanol–water partition coefficient (Wildman–Crippen LogP) is 2.34. The Kier molecular flexibility index (Phi) is 3.46. The van der Waals surface area contributed by atoms with E-state index in [-0.39, 0.29) is 5.41 Å². The molecule has 0 amide bonds. The molecule has 0 aliphatic rings. The van der Waals surface area contributed by atoms with Crippen LogP contribution in [-0.4, -0.2) is 5.71 Å². The molecule has 0 saturated carbocycles. The summed E-state index contributed by atoms with van der Waals surface area (Å²) >= 11 is 0. The highest BCUT2D eigenvalue weighted by molar-refractivity contribution is 5.88. The molecule has 1 rings (SSSR count). The SMILES string of the molecule is C=c1cccc/c1=C/N=C(C)C(C)(C)C. The number of aliphatic imine (C=N–C) groups is 1. The third-order valence-electron chi connectivity index (χ3n) is 2.54. The van der Waals surface area contributed by atoms with Gasteiger partial charge in [0.1, 0.15) is 0 Å². The van der Waals surface area contributed by atoms with Crippen molar-refractivity contribution in [1.29, 1.82) is 0 Å². The lowest BCUT2D eigenvalue weighted by atomic mass is 9.91. The molecular formula is C14H19N. The quantitative estimate of drug-likeness (QED) is 0.618. The van der Waals surface area contributed by atoms with Crippen molar-refractivity contribution >= 4 is 18.5 Å². The van der Waals surface area contributed by atoms with Crippen LogP contribution in [0.5, 0.6) is 0 Å². The molecule has 0 unspecified atom stereocenters. The van der Waals surface area contributed by atoms with Crippen molar-refractivity contribution < 1.29 is 0 Å².